The van der Waals surface area contributed by atoms with E-state index in [-0.39, 0.29) is 22.5 Å². The topological polar surface area (TPSA) is 60.8 Å². The molecular weight excluding hydrogens is 349 g/mol. The fourth-order valence-electron chi connectivity index (χ4n) is 2.73. The van der Waals surface area contributed by atoms with Crippen molar-refractivity contribution in [2.75, 3.05) is 6.54 Å². The second-order valence-corrected chi connectivity index (χ2v) is 6.29. The van der Waals surface area contributed by atoms with Gasteiger partial charge >= 0.3 is 0 Å². The number of phenols is 2. The lowest BCUT2D eigenvalue weighted by Gasteiger charge is -2.30. The summed E-state index contributed by atoms with van der Waals surface area (Å²) in [7, 11) is 0. The second kappa shape index (κ2) is 6.75. The van der Waals surface area contributed by atoms with Crippen LogP contribution in [-0.4, -0.2) is 27.6 Å². The van der Waals surface area contributed by atoms with Crippen molar-refractivity contribution in [2.45, 2.75) is 13.0 Å². The van der Waals surface area contributed by atoms with Crippen LogP contribution in [0.5, 0.6) is 11.5 Å². The van der Waals surface area contributed by atoms with Gasteiger partial charge < -0.3 is 15.1 Å². The standard InChI is InChI=1S/C18H15Cl2NO3/c19-15-12-8-9-21(10-13(12)16(20)18(24)17(15)23)14(22)7-6-11-4-2-1-3-5-11/h1-7,23-24H,8-10H2/b7-6+. The van der Waals surface area contributed by atoms with Crippen LogP contribution in [0.1, 0.15) is 16.7 Å². The maximum absolute atomic E-state index is 12.4. The fraction of sp³-hybridized carbons (Fsp3) is 0.167. The number of carbonyl (C=O) groups is 1. The van der Waals surface area contributed by atoms with Crippen LogP contribution in [0.4, 0.5) is 0 Å². The Balaban J connectivity index is 1.82. The minimum atomic E-state index is -0.449. The molecule has 2 N–H and O–H groups in total. The third-order valence-corrected chi connectivity index (χ3v) is 4.86. The first-order chi connectivity index (χ1) is 11.5. The minimum absolute atomic E-state index is 0.0384. The molecule has 0 saturated heterocycles. The molecule has 0 spiro atoms. The van der Waals surface area contributed by atoms with E-state index in [1.807, 2.05) is 30.3 Å². The van der Waals surface area contributed by atoms with Crippen molar-refractivity contribution >= 4 is 35.2 Å². The van der Waals surface area contributed by atoms with Crippen LogP contribution in [0, 0.1) is 0 Å². The average Bonchev–Trinajstić information content (AvgIpc) is 2.63. The first kappa shape index (κ1) is 16.7. The van der Waals surface area contributed by atoms with E-state index >= 15 is 0 Å². The van der Waals surface area contributed by atoms with E-state index in [1.165, 1.54) is 6.08 Å². The summed E-state index contributed by atoms with van der Waals surface area (Å²) in [6, 6.07) is 9.53. The van der Waals surface area contributed by atoms with Crippen LogP contribution in [0.2, 0.25) is 10.0 Å². The second-order valence-electron chi connectivity index (χ2n) is 5.54. The average molecular weight is 364 g/mol. The Morgan fingerprint density at radius 1 is 1.04 bits per heavy atom. The number of benzene rings is 2. The van der Waals surface area contributed by atoms with E-state index in [9.17, 15) is 15.0 Å². The number of aromatic hydroxyl groups is 2. The largest absolute Gasteiger partial charge is 0.503 e. The number of carbonyl (C=O) groups excluding carboxylic acids is 1. The first-order valence-electron chi connectivity index (χ1n) is 7.41. The van der Waals surface area contributed by atoms with Crippen LogP contribution >= 0.6 is 23.2 Å². The highest BCUT2D eigenvalue weighted by Gasteiger charge is 2.27. The monoisotopic (exact) mass is 363 g/mol. The number of rotatable bonds is 2. The lowest BCUT2D eigenvalue weighted by Crippen LogP contribution is -2.35. The lowest BCUT2D eigenvalue weighted by molar-refractivity contribution is -0.126. The van der Waals surface area contributed by atoms with Gasteiger partial charge in [0.25, 0.3) is 0 Å². The molecule has 0 unspecified atom stereocenters. The fourth-order valence-corrected chi connectivity index (χ4v) is 3.29. The predicted molar refractivity (Wildman–Crippen MR) is 94.4 cm³/mol. The van der Waals surface area contributed by atoms with Crippen LogP contribution < -0.4 is 0 Å². The first-order valence-corrected chi connectivity index (χ1v) is 8.17. The lowest BCUT2D eigenvalue weighted by atomic mass is 9.98. The van der Waals surface area contributed by atoms with Crippen molar-refractivity contribution in [3.8, 4) is 11.5 Å². The zero-order valence-electron chi connectivity index (χ0n) is 12.7. The Labute approximate surface area is 149 Å². The Morgan fingerprint density at radius 2 is 1.67 bits per heavy atom. The predicted octanol–water partition coefficient (Wildman–Crippen LogP) is 4.00. The number of hydrogen-bond donors (Lipinski definition) is 2. The molecule has 1 aliphatic rings. The van der Waals surface area contributed by atoms with E-state index in [1.54, 1.807) is 11.0 Å². The van der Waals surface area contributed by atoms with Gasteiger partial charge in [0.1, 0.15) is 0 Å². The molecule has 1 aliphatic heterocycles. The quantitative estimate of drug-likeness (QED) is 0.626. The van der Waals surface area contributed by atoms with Gasteiger partial charge in [-0.1, -0.05) is 53.5 Å². The summed E-state index contributed by atoms with van der Waals surface area (Å²) in [5, 5.41) is 19.7. The number of fused-ring (bicyclic) bond motifs is 1. The maximum Gasteiger partial charge on any atom is 0.246 e. The van der Waals surface area contributed by atoms with Crippen molar-refractivity contribution in [3.05, 3.63) is 63.1 Å². The van der Waals surface area contributed by atoms with Gasteiger partial charge in [-0.25, -0.2) is 0 Å². The molecule has 1 heterocycles. The van der Waals surface area contributed by atoms with E-state index in [2.05, 4.69) is 0 Å². The molecule has 0 aliphatic carbocycles. The molecular formula is C18H15Cl2NO3. The van der Waals surface area contributed by atoms with Crippen molar-refractivity contribution in [3.63, 3.8) is 0 Å². The molecule has 24 heavy (non-hydrogen) atoms. The van der Waals surface area contributed by atoms with Crippen LogP contribution in [0.15, 0.2) is 36.4 Å². The zero-order valence-corrected chi connectivity index (χ0v) is 14.2. The van der Waals surface area contributed by atoms with E-state index in [0.717, 1.165) is 5.56 Å². The Morgan fingerprint density at radius 3 is 2.33 bits per heavy atom. The summed E-state index contributed by atoms with van der Waals surface area (Å²) in [6.07, 6.45) is 3.73. The summed E-state index contributed by atoms with van der Waals surface area (Å²) in [5.74, 6) is -1.01. The highest BCUT2D eigenvalue weighted by atomic mass is 35.5. The molecule has 4 nitrogen and oxygen atoms in total. The Bertz CT molecular complexity index is 819. The van der Waals surface area contributed by atoms with Gasteiger partial charge in [0, 0.05) is 19.2 Å². The van der Waals surface area contributed by atoms with Crippen molar-refractivity contribution in [1.82, 2.24) is 4.90 Å². The van der Waals surface area contributed by atoms with Gasteiger partial charge in [-0.3, -0.25) is 4.79 Å². The van der Waals surface area contributed by atoms with Crippen molar-refractivity contribution < 1.29 is 15.0 Å². The highest BCUT2D eigenvalue weighted by Crippen LogP contribution is 2.46. The molecule has 0 bridgehead atoms. The van der Waals surface area contributed by atoms with Crippen molar-refractivity contribution in [1.29, 1.82) is 0 Å². The Kier molecular flexibility index (Phi) is 4.69. The molecule has 2 aromatic carbocycles. The maximum atomic E-state index is 12.4. The zero-order chi connectivity index (χ0) is 17.3. The number of halogens is 2. The summed E-state index contributed by atoms with van der Waals surface area (Å²) >= 11 is 12.2. The van der Waals surface area contributed by atoms with Gasteiger partial charge in [0.15, 0.2) is 11.5 Å². The Hall–Kier alpha value is -2.17. The summed E-state index contributed by atoms with van der Waals surface area (Å²) in [6.45, 7) is 0.699. The highest BCUT2D eigenvalue weighted by molar-refractivity contribution is 6.36. The molecule has 0 radical (unpaired) electrons. The van der Waals surface area contributed by atoms with Crippen molar-refractivity contribution in [2.24, 2.45) is 0 Å². The van der Waals surface area contributed by atoms with Crippen LogP contribution in [0.3, 0.4) is 0 Å². The SMILES string of the molecule is O=C(/C=C/c1ccccc1)N1CCc2c(Cl)c(O)c(O)c(Cl)c2C1. The molecule has 0 fully saturated rings. The molecule has 2 aromatic rings. The summed E-state index contributed by atoms with van der Waals surface area (Å²) in [4.78, 5) is 14.0. The van der Waals surface area contributed by atoms with Gasteiger partial charge in [0.2, 0.25) is 5.91 Å². The minimum Gasteiger partial charge on any atom is -0.503 e. The van der Waals surface area contributed by atoms with E-state index < -0.39 is 11.5 Å². The molecule has 1 amide bonds. The number of hydrogen-bond acceptors (Lipinski definition) is 3. The third-order valence-electron chi connectivity index (χ3n) is 4.04. The van der Waals surface area contributed by atoms with Crippen LogP contribution in [-0.2, 0) is 17.8 Å². The third kappa shape index (κ3) is 3.07. The van der Waals surface area contributed by atoms with Gasteiger partial charge in [0.05, 0.1) is 10.0 Å². The normalized spacial score (nSPS) is 14.0. The summed E-state index contributed by atoms with van der Waals surface area (Å²) < 4.78 is 0. The van der Waals surface area contributed by atoms with E-state index in [0.29, 0.717) is 24.1 Å². The van der Waals surface area contributed by atoms with Crippen LogP contribution in [0.25, 0.3) is 6.08 Å². The molecule has 0 saturated carbocycles. The van der Waals surface area contributed by atoms with Gasteiger partial charge in [-0.2, -0.15) is 0 Å². The van der Waals surface area contributed by atoms with E-state index in [4.69, 9.17) is 23.2 Å². The summed E-state index contributed by atoms with van der Waals surface area (Å²) in [5.41, 5.74) is 2.18. The molecule has 0 aromatic heterocycles. The smallest absolute Gasteiger partial charge is 0.246 e. The van der Waals surface area contributed by atoms with Gasteiger partial charge in [-0.15, -0.1) is 0 Å². The number of nitrogens with zero attached hydrogens (tertiary/aromatic N) is 1. The number of amides is 1. The molecule has 6 heteroatoms. The molecule has 124 valence electrons. The molecule has 3 rings (SSSR count). The molecule has 0 atom stereocenters. The number of phenolic OH excluding ortho intramolecular Hbond substituents is 2. The van der Waals surface area contributed by atoms with Gasteiger partial charge in [-0.05, 0) is 29.2 Å².